The fraction of sp³-hybridized carbons (Fsp3) is 0.533. The number of amides is 1. The van der Waals surface area contributed by atoms with Crippen LogP contribution < -0.4 is 21.1 Å². The van der Waals surface area contributed by atoms with Gasteiger partial charge in [-0.2, -0.15) is 0 Å². The lowest BCUT2D eigenvalue weighted by Gasteiger charge is -2.28. The van der Waals surface area contributed by atoms with Gasteiger partial charge in [0.2, 0.25) is 0 Å². The van der Waals surface area contributed by atoms with Crippen LogP contribution in [0.2, 0.25) is 5.02 Å². The van der Waals surface area contributed by atoms with E-state index in [9.17, 15) is 9.90 Å². The highest BCUT2D eigenvalue weighted by atomic mass is 35.5. The molecule has 1 aromatic carbocycles. The molecule has 1 saturated heterocycles. The van der Waals surface area contributed by atoms with Crippen molar-refractivity contribution in [3.05, 3.63) is 22.2 Å². The Balaban J connectivity index is 0.00000144. The van der Waals surface area contributed by atoms with Gasteiger partial charge in [0.25, 0.3) is 5.91 Å². The second-order valence-corrected chi connectivity index (χ2v) is 6.16. The van der Waals surface area contributed by atoms with E-state index in [-0.39, 0.29) is 36.6 Å². The molecule has 1 fully saturated rings. The summed E-state index contributed by atoms with van der Waals surface area (Å²) in [6.07, 6.45) is 1.05. The summed E-state index contributed by atoms with van der Waals surface area (Å²) in [5, 5.41) is 16.3. The second-order valence-electron chi connectivity index (χ2n) is 5.76. The van der Waals surface area contributed by atoms with Crippen molar-refractivity contribution in [2.45, 2.75) is 18.9 Å². The summed E-state index contributed by atoms with van der Waals surface area (Å²) in [4.78, 5) is 12.4. The van der Waals surface area contributed by atoms with Crippen LogP contribution in [-0.2, 0) is 6.42 Å². The number of carbonyl (C=O) groups is 1. The van der Waals surface area contributed by atoms with Gasteiger partial charge in [0.1, 0.15) is 5.75 Å². The molecule has 2 aliphatic heterocycles. The molecule has 1 amide bonds. The number of β-amino-alcohol motifs (C(OH)–C–C–N with tert-alkyl or cyclic N) is 1. The summed E-state index contributed by atoms with van der Waals surface area (Å²) in [7, 11) is 0. The number of carbonyl (C=O) groups excluding carboxylic acids is 1. The molecule has 2 unspecified atom stereocenters. The first kappa shape index (κ1) is 21.1. The van der Waals surface area contributed by atoms with Gasteiger partial charge in [-0.15, -0.1) is 24.8 Å². The Morgan fingerprint density at radius 3 is 2.96 bits per heavy atom. The Bertz CT molecular complexity index is 601. The summed E-state index contributed by atoms with van der Waals surface area (Å²) < 4.78 is 5.54. The van der Waals surface area contributed by atoms with Gasteiger partial charge in [-0.1, -0.05) is 11.6 Å². The number of benzene rings is 1. The molecule has 24 heavy (non-hydrogen) atoms. The van der Waals surface area contributed by atoms with E-state index >= 15 is 0 Å². The standard InChI is InChI=1S/C15H20ClN3O3.2ClH/c16-11-5-10(14-9(13(11)17)2-4-22-14)15(21)19-6-8-1-3-18-7-12(8)20;;/h5,8,12,18,20H,1-4,6-7,17H2,(H,19,21);2*1H. The third-order valence-electron chi connectivity index (χ3n) is 4.33. The first-order valence-electron chi connectivity index (χ1n) is 7.48. The summed E-state index contributed by atoms with van der Waals surface area (Å²) in [5.74, 6) is 0.347. The van der Waals surface area contributed by atoms with Crippen molar-refractivity contribution in [2.24, 2.45) is 5.92 Å². The first-order chi connectivity index (χ1) is 10.6. The van der Waals surface area contributed by atoms with Gasteiger partial charge in [-0.05, 0) is 19.0 Å². The largest absolute Gasteiger partial charge is 0.492 e. The van der Waals surface area contributed by atoms with E-state index in [0.29, 0.717) is 48.1 Å². The zero-order chi connectivity index (χ0) is 15.7. The Morgan fingerprint density at radius 1 is 1.50 bits per heavy atom. The van der Waals surface area contributed by atoms with E-state index in [4.69, 9.17) is 22.1 Å². The minimum atomic E-state index is -0.439. The molecule has 0 radical (unpaired) electrons. The number of nitrogens with one attached hydrogen (secondary N) is 2. The highest BCUT2D eigenvalue weighted by Gasteiger charge is 2.27. The monoisotopic (exact) mass is 397 g/mol. The second kappa shape index (κ2) is 8.97. The first-order valence-corrected chi connectivity index (χ1v) is 7.86. The molecular formula is C15H22Cl3N3O3. The predicted molar refractivity (Wildman–Crippen MR) is 98.9 cm³/mol. The van der Waals surface area contributed by atoms with Gasteiger partial charge in [0.15, 0.2) is 0 Å². The highest BCUT2D eigenvalue weighted by molar-refractivity contribution is 6.33. The molecule has 9 heteroatoms. The zero-order valence-corrected chi connectivity index (χ0v) is 15.4. The predicted octanol–water partition coefficient (Wildman–Crippen LogP) is 1.40. The van der Waals surface area contributed by atoms with E-state index in [2.05, 4.69) is 10.6 Å². The number of aliphatic hydroxyl groups is 1. The van der Waals surface area contributed by atoms with Crippen LogP contribution in [0.25, 0.3) is 0 Å². The van der Waals surface area contributed by atoms with Crippen LogP contribution in [0.5, 0.6) is 5.75 Å². The van der Waals surface area contributed by atoms with E-state index in [1.807, 2.05) is 0 Å². The van der Waals surface area contributed by atoms with E-state index in [1.165, 1.54) is 0 Å². The summed E-state index contributed by atoms with van der Waals surface area (Å²) in [6, 6.07) is 1.55. The van der Waals surface area contributed by atoms with Crippen LogP contribution in [0.15, 0.2) is 6.07 Å². The van der Waals surface area contributed by atoms with Gasteiger partial charge in [0, 0.05) is 31.0 Å². The molecule has 5 N–H and O–H groups in total. The number of anilines is 1. The van der Waals surface area contributed by atoms with Gasteiger partial charge >= 0.3 is 0 Å². The topological polar surface area (TPSA) is 96.6 Å². The van der Waals surface area contributed by atoms with Crippen molar-refractivity contribution in [1.82, 2.24) is 10.6 Å². The number of hydrogen-bond donors (Lipinski definition) is 4. The van der Waals surface area contributed by atoms with Crippen LogP contribution in [0.1, 0.15) is 22.3 Å². The molecule has 0 aliphatic carbocycles. The molecule has 0 saturated carbocycles. The minimum absolute atomic E-state index is 0. The van der Waals surface area contributed by atoms with E-state index in [0.717, 1.165) is 18.5 Å². The number of halogens is 3. The van der Waals surface area contributed by atoms with E-state index < -0.39 is 6.10 Å². The van der Waals surface area contributed by atoms with Gasteiger partial charge in [0.05, 0.1) is 29.0 Å². The lowest BCUT2D eigenvalue weighted by atomic mass is 9.95. The molecule has 0 aromatic heterocycles. The number of aliphatic hydroxyl groups excluding tert-OH is 1. The lowest BCUT2D eigenvalue weighted by Crippen LogP contribution is -2.45. The quantitative estimate of drug-likeness (QED) is 0.577. The number of hydrogen-bond acceptors (Lipinski definition) is 5. The minimum Gasteiger partial charge on any atom is -0.492 e. The molecule has 136 valence electrons. The van der Waals surface area contributed by atoms with Crippen LogP contribution in [0.4, 0.5) is 5.69 Å². The Morgan fingerprint density at radius 2 is 2.25 bits per heavy atom. The SMILES string of the molecule is Cl.Cl.Nc1c(Cl)cc(C(=O)NCC2CCNCC2O)c2c1CCO2. The molecule has 2 aliphatic rings. The van der Waals surface area contributed by atoms with Crippen molar-refractivity contribution >= 4 is 48.0 Å². The number of ether oxygens (including phenoxy) is 1. The number of nitrogen functional groups attached to an aromatic ring is 1. The smallest absolute Gasteiger partial charge is 0.255 e. The maximum atomic E-state index is 12.4. The number of piperidine rings is 1. The number of nitrogens with two attached hydrogens (primary N) is 1. The molecule has 0 spiro atoms. The molecule has 6 nitrogen and oxygen atoms in total. The van der Waals surface area contributed by atoms with Crippen LogP contribution in [0.3, 0.4) is 0 Å². The molecule has 3 rings (SSSR count). The number of rotatable bonds is 3. The third-order valence-corrected chi connectivity index (χ3v) is 4.64. The molecule has 2 heterocycles. The average molecular weight is 399 g/mol. The molecule has 1 aromatic rings. The van der Waals surface area contributed by atoms with Crippen molar-refractivity contribution in [3.63, 3.8) is 0 Å². The lowest BCUT2D eigenvalue weighted by molar-refractivity contribution is 0.0752. The Kier molecular flexibility index (Phi) is 7.89. The fourth-order valence-corrected chi connectivity index (χ4v) is 3.21. The Hall–Kier alpha value is -0.920. The van der Waals surface area contributed by atoms with Crippen molar-refractivity contribution < 1.29 is 14.6 Å². The maximum absolute atomic E-state index is 12.4. The van der Waals surface area contributed by atoms with Crippen LogP contribution in [0, 0.1) is 5.92 Å². The summed E-state index contributed by atoms with van der Waals surface area (Å²) in [5.41, 5.74) is 7.63. The number of fused-ring (bicyclic) bond motifs is 1. The van der Waals surface area contributed by atoms with Crippen molar-refractivity contribution in [1.29, 1.82) is 0 Å². The average Bonchev–Trinajstić information content (AvgIpc) is 2.99. The fourth-order valence-electron chi connectivity index (χ4n) is 2.99. The van der Waals surface area contributed by atoms with Crippen LogP contribution >= 0.6 is 36.4 Å². The van der Waals surface area contributed by atoms with E-state index in [1.54, 1.807) is 6.07 Å². The van der Waals surface area contributed by atoms with Crippen molar-refractivity contribution in [3.8, 4) is 5.75 Å². The van der Waals surface area contributed by atoms with Crippen molar-refractivity contribution in [2.75, 3.05) is 32.0 Å². The summed E-state index contributed by atoms with van der Waals surface area (Å²) >= 11 is 6.10. The molecular weight excluding hydrogens is 377 g/mol. The molecule has 2 atom stereocenters. The normalized spacial score (nSPS) is 21.8. The molecule has 0 bridgehead atoms. The third kappa shape index (κ3) is 4.18. The van der Waals surface area contributed by atoms with Crippen LogP contribution in [-0.4, -0.2) is 43.4 Å². The summed E-state index contributed by atoms with van der Waals surface area (Å²) in [6.45, 7) is 2.35. The zero-order valence-electron chi connectivity index (χ0n) is 13.0. The van der Waals surface area contributed by atoms with Gasteiger partial charge in [-0.3, -0.25) is 4.79 Å². The highest BCUT2D eigenvalue weighted by Crippen LogP contribution is 2.38. The Labute approximate surface area is 158 Å². The van der Waals surface area contributed by atoms with Gasteiger partial charge < -0.3 is 26.2 Å². The van der Waals surface area contributed by atoms with Gasteiger partial charge in [-0.25, -0.2) is 0 Å². The maximum Gasteiger partial charge on any atom is 0.255 e.